The second-order valence-corrected chi connectivity index (χ2v) is 6.41. The molecule has 1 aromatic heterocycles. The Hall–Kier alpha value is -3.58. The minimum atomic E-state index is -0.918. The molecule has 0 radical (unpaired) electrons. The van der Waals surface area contributed by atoms with E-state index in [0.29, 0.717) is 16.1 Å². The van der Waals surface area contributed by atoms with Crippen molar-refractivity contribution in [1.82, 2.24) is 9.55 Å². The molecular weight excluding hydrogens is 388 g/mol. The van der Waals surface area contributed by atoms with Gasteiger partial charge in [-0.3, -0.25) is 24.5 Å². The van der Waals surface area contributed by atoms with Gasteiger partial charge in [-0.25, -0.2) is 4.79 Å². The molecule has 3 rings (SSSR count). The van der Waals surface area contributed by atoms with Crippen LogP contribution < -0.4 is 16.7 Å². The molecule has 1 saturated heterocycles. The molecule has 0 aliphatic carbocycles. The molecule has 154 valence electrons. The lowest BCUT2D eigenvalue weighted by atomic mass is 10.1. The van der Waals surface area contributed by atoms with E-state index in [1.807, 2.05) is 0 Å². The summed E-state index contributed by atoms with van der Waals surface area (Å²) in [5, 5.41) is 36.2. The summed E-state index contributed by atoms with van der Waals surface area (Å²) in [5.41, 5.74) is 1.79. The number of aromatic amines is 1. The number of aliphatic hydroxyl groups excluding tert-OH is 1. The van der Waals surface area contributed by atoms with Crippen LogP contribution in [0.15, 0.2) is 45.3 Å². The van der Waals surface area contributed by atoms with Crippen molar-refractivity contribution in [3.63, 3.8) is 0 Å². The van der Waals surface area contributed by atoms with E-state index in [0.717, 1.165) is 4.57 Å². The van der Waals surface area contributed by atoms with E-state index < -0.39 is 41.2 Å². The third-order valence-corrected chi connectivity index (χ3v) is 4.48. The highest BCUT2D eigenvalue weighted by Crippen LogP contribution is 2.29. The summed E-state index contributed by atoms with van der Waals surface area (Å²) < 4.78 is 6.74. The second-order valence-electron chi connectivity index (χ2n) is 6.41. The molecule has 1 aliphatic rings. The number of hydrogen-bond donors (Lipinski definition) is 3. The Morgan fingerprint density at radius 1 is 1.34 bits per heavy atom. The SMILES string of the molecule is Cc1cn(C2CC(/[N+]([O-])=N/Nc3ccc([N+](=O)[O-])cc3)C(CO)O2)c(=O)[nH]c1=O. The number of hydroxylamine groups is 1. The Bertz CT molecular complexity index is 1040. The Labute approximate surface area is 162 Å². The lowest BCUT2D eigenvalue weighted by Crippen LogP contribution is -2.33. The van der Waals surface area contributed by atoms with Crippen LogP contribution >= 0.6 is 0 Å². The molecule has 1 aromatic carbocycles. The molecule has 1 aliphatic heterocycles. The largest absolute Gasteiger partial charge is 0.696 e. The maximum absolute atomic E-state index is 12.4. The number of hydrogen-bond acceptors (Lipinski definition) is 8. The number of rotatable bonds is 6. The number of aromatic nitrogens is 2. The van der Waals surface area contributed by atoms with Gasteiger partial charge in [0.05, 0.1) is 16.8 Å². The first-order valence-electron chi connectivity index (χ1n) is 8.56. The van der Waals surface area contributed by atoms with E-state index in [-0.39, 0.29) is 12.1 Å². The van der Waals surface area contributed by atoms with E-state index in [1.165, 1.54) is 37.4 Å². The standard InChI is InChI=1S/C16H18N6O7/c1-9-7-20(16(25)17-15(9)24)14-6-12(13(8-23)29-14)21(26)19-18-10-2-4-11(5-3-10)22(27)28/h2-5,7,12-14,18,23H,6,8H2,1H3,(H,17,24,25)/b21-19-. The minimum Gasteiger partial charge on any atom is -0.696 e. The number of aliphatic hydroxyl groups is 1. The van der Waals surface area contributed by atoms with Crippen molar-refractivity contribution in [3.05, 3.63) is 72.2 Å². The van der Waals surface area contributed by atoms with Crippen LogP contribution in [0.2, 0.25) is 0 Å². The number of nitrogens with zero attached hydrogens (tertiary/aromatic N) is 4. The van der Waals surface area contributed by atoms with Crippen molar-refractivity contribution in [1.29, 1.82) is 0 Å². The van der Waals surface area contributed by atoms with Crippen LogP contribution in [0.25, 0.3) is 0 Å². The highest BCUT2D eigenvalue weighted by Gasteiger charge is 2.40. The molecule has 13 nitrogen and oxygen atoms in total. The van der Waals surface area contributed by atoms with Crippen molar-refractivity contribution in [3.8, 4) is 0 Å². The van der Waals surface area contributed by atoms with Crippen molar-refractivity contribution in [2.45, 2.75) is 31.7 Å². The summed E-state index contributed by atoms with van der Waals surface area (Å²) in [6.45, 7) is 1.04. The van der Waals surface area contributed by atoms with Gasteiger partial charge in [0.15, 0.2) is 6.04 Å². The molecule has 13 heteroatoms. The molecule has 2 aromatic rings. The Morgan fingerprint density at radius 3 is 2.66 bits per heavy atom. The third-order valence-electron chi connectivity index (χ3n) is 4.48. The number of non-ortho nitro benzene ring substituents is 1. The summed E-state index contributed by atoms with van der Waals surface area (Å²) in [6, 6.07) is 4.37. The van der Waals surface area contributed by atoms with Crippen LogP contribution in [0, 0.1) is 22.2 Å². The van der Waals surface area contributed by atoms with Crippen molar-refractivity contribution < 1.29 is 19.6 Å². The molecular formula is C16H18N6O7. The highest BCUT2D eigenvalue weighted by atomic mass is 16.6. The highest BCUT2D eigenvalue weighted by molar-refractivity contribution is 5.47. The molecule has 3 atom stereocenters. The first-order valence-corrected chi connectivity index (χ1v) is 8.56. The van der Waals surface area contributed by atoms with Gasteiger partial charge in [0.25, 0.3) is 11.2 Å². The zero-order chi connectivity index (χ0) is 21.1. The quantitative estimate of drug-likeness (QED) is 0.267. The summed E-state index contributed by atoms with van der Waals surface area (Å²) in [6.07, 6.45) is -0.430. The summed E-state index contributed by atoms with van der Waals surface area (Å²) in [5.74, 6) is 0. The number of nitro benzene ring substituents is 1. The van der Waals surface area contributed by atoms with Crippen LogP contribution in [0.3, 0.4) is 0 Å². The summed E-state index contributed by atoms with van der Waals surface area (Å²) in [4.78, 5) is 36.1. The number of benzene rings is 1. The summed E-state index contributed by atoms with van der Waals surface area (Å²) >= 11 is 0. The van der Waals surface area contributed by atoms with E-state index in [9.17, 15) is 30.0 Å². The van der Waals surface area contributed by atoms with E-state index >= 15 is 0 Å². The van der Waals surface area contributed by atoms with Crippen molar-refractivity contribution >= 4 is 11.4 Å². The smallest absolute Gasteiger partial charge is 0.330 e. The predicted octanol–water partition coefficient (Wildman–Crippen LogP) is 0.391. The molecule has 0 saturated carbocycles. The zero-order valence-corrected chi connectivity index (χ0v) is 15.2. The van der Waals surface area contributed by atoms with Crippen LogP contribution in [-0.2, 0) is 4.74 Å². The van der Waals surface area contributed by atoms with Crippen molar-refractivity contribution in [2.24, 2.45) is 5.22 Å². The first kappa shape index (κ1) is 20.2. The second kappa shape index (κ2) is 8.20. The molecule has 2 heterocycles. The van der Waals surface area contributed by atoms with Gasteiger partial charge in [0.1, 0.15) is 18.0 Å². The van der Waals surface area contributed by atoms with Gasteiger partial charge >= 0.3 is 5.69 Å². The van der Waals surface area contributed by atoms with Gasteiger partial charge in [-0.1, -0.05) is 0 Å². The Balaban J connectivity index is 1.76. The number of ether oxygens (including phenoxy) is 1. The number of H-pyrrole nitrogens is 1. The lowest BCUT2D eigenvalue weighted by Gasteiger charge is -2.17. The normalized spacial score (nSPS) is 21.9. The number of anilines is 1. The van der Waals surface area contributed by atoms with Gasteiger partial charge in [-0.2, -0.15) is 4.86 Å². The number of nitrogens with one attached hydrogen (secondary N) is 2. The van der Waals surface area contributed by atoms with Crippen LogP contribution in [0.4, 0.5) is 11.4 Å². The molecule has 0 amide bonds. The topological polar surface area (TPSA) is 178 Å². The van der Waals surface area contributed by atoms with Crippen LogP contribution in [-0.4, -0.2) is 43.2 Å². The Kier molecular flexibility index (Phi) is 5.70. The van der Waals surface area contributed by atoms with E-state index in [2.05, 4.69) is 15.6 Å². The fraction of sp³-hybridized carbons (Fsp3) is 0.375. The van der Waals surface area contributed by atoms with Gasteiger partial charge in [-0.15, -0.1) is 5.43 Å². The van der Waals surface area contributed by atoms with Gasteiger partial charge < -0.3 is 15.1 Å². The maximum Gasteiger partial charge on any atom is 0.330 e. The first-order chi connectivity index (χ1) is 13.8. The average Bonchev–Trinajstić information content (AvgIpc) is 3.13. The fourth-order valence-electron chi connectivity index (χ4n) is 2.92. The van der Waals surface area contributed by atoms with Gasteiger partial charge in [0, 0.05) is 30.3 Å². The summed E-state index contributed by atoms with van der Waals surface area (Å²) in [7, 11) is 0. The molecule has 0 spiro atoms. The van der Waals surface area contributed by atoms with Gasteiger partial charge in [0.2, 0.25) is 0 Å². The fourth-order valence-corrected chi connectivity index (χ4v) is 2.92. The molecule has 1 fully saturated rings. The molecule has 0 bridgehead atoms. The predicted molar refractivity (Wildman–Crippen MR) is 98.2 cm³/mol. The molecule has 3 unspecified atom stereocenters. The monoisotopic (exact) mass is 406 g/mol. The zero-order valence-electron chi connectivity index (χ0n) is 15.2. The number of nitro groups is 1. The third kappa shape index (κ3) is 4.30. The van der Waals surface area contributed by atoms with Crippen molar-refractivity contribution in [2.75, 3.05) is 12.0 Å². The lowest BCUT2D eigenvalue weighted by molar-refractivity contribution is -0.571. The molecule has 3 N–H and O–H groups in total. The van der Waals surface area contributed by atoms with Crippen LogP contribution in [0.5, 0.6) is 0 Å². The Morgan fingerprint density at radius 2 is 2.03 bits per heavy atom. The number of aryl methyl sites for hydroxylation is 1. The maximum atomic E-state index is 12.4. The van der Waals surface area contributed by atoms with E-state index in [4.69, 9.17) is 4.74 Å². The van der Waals surface area contributed by atoms with E-state index in [1.54, 1.807) is 0 Å². The average molecular weight is 406 g/mol. The minimum absolute atomic E-state index is 0.0333. The van der Waals surface area contributed by atoms with Gasteiger partial charge in [-0.05, 0) is 19.1 Å². The van der Waals surface area contributed by atoms with Crippen LogP contribution in [0.1, 0.15) is 18.2 Å². The molecule has 29 heavy (non-hydrogen) atoms.